The Morgan fingerprint density at radius 2 is 2.06 bits per heavy atom. The molecule has 0 aliphatic carbocycles. The molecule has 1 unspecified atom stereocenters. The molecule has 1 aromatic carbocycles. The number of rotatable bonds is 6. The molecule has 1 nitrogen and oxygen atoms in total. The summed E-state index contributed by atoms with van der Waals surface area (Å²) in [7, 11) is 0. The first-order chi connectivity index (χ1) is 8.04. The molecule has 0 saturated heterocycles. The van der Waals surface area contributed by atoms with E-state index < -0.39 is 0 Å². The normalized spacial score (nSPS) is 13.1. The second kappa shape index (κ2) is 7.12. The van der Waals surface area contributed by atoms with Crippen molar-refractivity contribution in [3.05, 3.63) is 34.1 Å². The Hall–Kier alpha value is -0.410. The van der Waals surface area contributed by atoms with Crippen LogP contribution in [-0.2, 0) is 6.42 Å². The smallest absolute Gasteiger partial charge is 0.137 e. The van der Waals surface area contributed by atoms with E-state index in [9.17, 15) is 4.39 Å². The molecule has 0 radical (unpaired) electrons. The molecule has 0 amide bonds. The molecule has 3 heteroatoms. The summed E-state index contributed by atoms with van der Waals surface area (Å²) < 4.78 is 14.0. The fourth-order valence-electron chi connectivity index (χ4n) is 2.07. The molecule has 0 saturated carbocycles. The molecule has 1 rings (SSSR count). The maximum Gasteiger partial charge on any atom is 0.137 e. The first-order valence-corrected chi connectivity index (χ1v) is 7.00. The predicted octanol–water partition coefficient (Wildman–Crippen LogP) is 4.15. The summed E-state index contributed by atoms with van der Waals surface area (Å²) in [6.07, 6.45) is 1.97. The highest BCUT2D eigenvalue weighted by molar-refractivity contribution is 9.10. The second-order valence-electron chi connectivity index (χ2n) is 4.80. The van der Waals surface area contributed by atoms with Crippen LogP contribution in [0.5, 0.6) is 0 Å². The third-order valence-electron chi connectivity index (χ3n) is 2.75. The van der Waals surface area contributed by atoms with Gasteiger partial charge in [-0.3, -0.25) is 0 Å². The minimum Gasteiger partial charge on any atom is -0.314 e. The zero-order valence-corrected chi connectivity index (χ0v) is 12.3. The maximum atomic E-state index is 13.4. The summed E-state index contributed by atoms with van der Waals surface area (Å²) in [5.41, 5.74) is 1.04. The minimum absolute atomic E-state index is 0.178. The Balaban J connectivity index is 2.74. The lowest BCUT2D eigenvalue weighted by Gasteiger charge is -2.20. The number of halogens is 2. The van der Waals surface area contributed by atoms with Gasteiger partial charge in [-0.1, -0.05) is 32.9 Å². The van der Waals surface area contributed by atoms with Gasteiger partial charge in [0.05, 0.1) is 4.47 Å². The van der Waals surface area contributed by atoms with E-state index in [2.05, 4.69) is 42.0 Å². The largest absolute Gasteiger partial charge is 0.314 e. The summed E-state index contributed by atoms with van der Waals surface area (Å²) in [5, 5.41) is 3.47. The predicted molar refractivity (Wildman–Crippen MR) is 74.7 cm³/mol. The number of hydrogen-bond acceptors (Lipinski definition) is 1. The molecule has 1 aromatic rings. The molecule has 1 N–H and O–H groups in total. The van der Waals surface area contributed by atoms with Gasteiger partial charge in [-0.15, -0.1) is 0 Å². The molecule has 0 aromatic heterocycles. The Morgan fingerprint density at radius 1 is 1.35 bits per heavy atom. The highest BCUT2D eigenvalue weighted by atomic mass is 79.9. The van der Waals surface area contributed by atoms with E-state index in [4.69, 9.17) is 0 Å². The SMILES string of the molecule is CCNC(Cc1cccc(F)c1Br)CC(C)C. The Bertz CT molecular complexity index is 352. The van der Waals surface area contributed by atoms with Crippen LogP contribution in [0.3, 0.4) is 0 Å². The molecule has 0 bridgehead atoms. The Morgan fingerprint density at radius 3 is 2.65 bits per heavy atom. The van der Waals surface area contributed by atoms with Crippen LogP contribution in [0.2, 0.25) is 0 Å². The summed E-state index contributed by atoms with van der Waals surface area (Å²) in [6.45, 7) is 7.48. The van der Waals surface area contributed by atoms with Gasteiger partial charge in [-0.2, -0.15) is 0 Å². The van der Waals surface area contributed by atoms with Gasteiger partial charge < -0.3 is 5.32 Å². The van der Waals surface area contributed by atoms with Crippen LogP contribution >= 0.6 is 15.9 Å². The number of hydrogen-bond donors (Lipinski definition) is 1. The van der Waals surface area contributed by atoms with Crippen molar-refractivity contribution < 1.29 is 4.39 Å². The minimum atomic E-state index is -0.178. The summed E-state index contributed by atoms with van der Waals surface area (Å²) in [5.74, 6) is 0.466. The zero-order chi connectivity index (χ0) is 12.8. The Kier molecular flexibility index (Phi) is 6.14. The van der Waals surface area contributed by atoms with E-state index in [0.29, 0.717) is 16.4 Å². The van der Waals surface area contributed by atoms with Crippen LogP contribution in [0.25, 0.3) is 0 Å². The summed E-state index contributed by atoms with van der Waals surface area (Å²) in [6, 6.07) is 5.65. The molecule has 0 aliphatic heterocycles. The molecule has 0 aliphatic rings. The maximum absolute atomic E-state index is 13.4. The standard InChI is InChI=1S/C14H21BrFN/c1-4-17-12(8-10(2)3)9-11-6-5-7-13(16)14(11)15/h5-7,10,12,17H,4,8-9H2,1-3H3. The average Bonchev–Trinajstić information content (AvgIpc) is 2.24. The molecular weight excluding hydrogens is 281 g/mol. The number of benzene rings is 1. The monoisotopic (exact) mass is 301 g/mol. The van der Waals surface area contributed by atoms with Crippen molar-refractivity contribution in [3.8, 4) is 0 Å². The topological polar surface area (TPSA) is 12.0 Å². The molecule has 0 fully saturated rings. The third-order valence-corrected chi connectivity index (χ3v) is 3.63. The van der Waals surface area contributed by atoms with Gasteiger partial charge in [0.15, 0.2) is 0 Å². The van der Waals surface area contributed by atoms with Crippen molar-refractivity contribution in [2.45, 2.75) is 39.7 Å². The second-order valence-corrected chi connectivity index (χ2v) is 5.59. The quantitative estimate of drug-likeness (QED) is 0.832. The van der Waals surface area contributed by atoms with E-state index in [-0.39, 0.29) is 5.82 Å². The van der Waals surface area contributed by atoms with E-state index in [0.717, 1.165) is 24.9 Å². The van der Waals surface area contributed by atoms with Crippen LogP contribution in [-0.4, -0.2) is 12.6 Å². The van der Waals surface area contributed by atoms with Crippen molar-refractivity contribution in [2.24, 2.45) is 5.92 Å². The highest BCUT2D eigenvalue weighted by Gasteiger charge is 2.13. The van der Waals surface area contributed by atoms with Crippen molar-refractivity contribution in [1.82, 2.24) is 5.32 Å². The molecule has 0 heterocycles. The van der Waals surface area contributed by atoms with Gasteiger partial charge in [0.25, 0.3) is 0 Å². The lowest BCUT2D eigenvalue weighted by atomic mass is 9.97. The molecule has 1 atom stereocenters. The summed E-state index contributed by atoms with van der Waals surface area (Å²) in [4.78, 5) is 0. The van der Waals surface area contributed by atoms with Crippen molar-refractivity contribution in [2.75, 3.05) is 6.54 Å². The third kappa shape index (κ3) is 4.76. The van der Waals surface area contributed by atoms with E-state index in [1.165, 1.54) is 6.07 Å². The number of likely N-dealkylation sites (N-methyl/N-ethyl adjacent to an activating group) is 1. The van der Waals surface area contributed by atoms with Gasteiger partial charge >= 0.3 is 0 Å². The number of nitrogens with one attached hydrogen (secondary N) is 1. The fourth-order valence-corrected chi connectivity index (χ4v) is 2.49. The van der Waals surface area contributed by atoms with Crippen LogP contribution < -0.4 is 5.32 Å². The van der Waals surface area contributed by atoms with E-state index in [1.54, 1.807) is 6.07 Å². The average molecular weight is 302 g/mol. The first kappa shape index (κ1) is 14.7. The summed E-state index contributed by atoms with van der Waals surface area (Å²) >= 11 is 3.32. The zero-order valence-electron chi connectivity index (χ0n) is 10.8. The van der Waals surface area contributed by atoms with Crippen molar-refractivity contribution >= 4 is 15.9 Å². The lowest BCUT2D eigenvalue weighted by Crippen LogP contribution is -2.32. The lowest BCUT2D eigenvalue weighted by molar-refractivity contribution is 0.423. The van der Waals surface area contributed by atoms with Crippen LogP contribution in [0.4, 0.5) is 4.39 Å². The van der Waals surface area contributed by atoms with Gasteiger partial charge in [-0.05, 0) is 52.9 Å². The van der Waals surface area contributed by atoms with Crippen LogP contribution in [0, 0.1) is 11.7 Å². The Labute approximate surface area is 112 Å². The highest BCUT2D eigenvalue weighted by Crippen LogP contribution is 2.22. The van der Waals surface area contributed by atoms with Crippen molar-refractivity contribution in [3.63, 3.8) is 0 Å². The van der Waals surface area contributed by atoms with Gasteiger partial charge in [0, 0.05) is 6.04 Å². The van der Waals surface area contributed by atoms with Crippen LogP contribution in [0.15, 0.2) is 22.7 Å². The molecule has 0 spiro atoms. The first-order valence-electron chi connectivity index (χ1n) is 6.20. The van der Waals surface area contributed by atoms with E-state index >= 15 is 0 Å². The van der Waals surface area contributed by atoms with Gasteiger partial charge in [0.2, 0.25) is 0 Å². The van der Waals surface area contributed by atoms with Gasteiger partial charge in [0.1, 0.15) is 5.82 Å². The van der Waals surface area contributed by atoms with Crippen molar-refractivity contribution in [1.29, 1.82) is 0 Å². The van der Waals surface area contributed by atoms with Gasteiger partial charge in [-0.25, -0.2) is 4.39 Å². The molecule has 96 valence electrons. The molecular formula is C14H21BrFN. The fraction of sp³-hybridized carbons (Fsp3) is 0.571. The van der Waals surface area contributed by atoms with E-state index in [1.807, 2.05) is 6.07 Å². The van der Waals surface area contributed by atoms with Crippen LogP contribution in [0.1, 0.15) is 32.8 Å². The molecule has 17 heavy (non-hydrogen) atoms.